The topological polar surface area (TPSA) is 72.7 Å². The van der Waals surface area contributed by atoms with Gasteiger partial charge in [0.15, 0.2) is 5.82 Å². The summed E-state index contributed by atoms with van der Waals surface area (Å²) < 4.78 is 1.87. The number of anilines is 1. The van der Waals surface area contributed by atoms with Gasteiger partial charge in [0.05, 0.1) is 11.8 Å². The highest BCUT2D eigenvalue weighted by molar-refractivity contribution is 7.99. The molecule has 1 saturated carbocycles. The van der Waals surface area contributed by atoms with Crippen LogP contribution in [0.1, 0.15) is 30.0 Å². The van der Waals surface area contributed by atoms with Crippen molar-refractivity contribution >= 4 is 23.4 Å². The van der Waals surface area contributed by atoms with Crippen LogP contribution >= 0.6 is 11.8 Å². The molecule has 1 N–H and O–H groups in total. The molecule has 1 fully saturated rings. The van der Waals surface area contributed by atoms with Gasteiger partial charge in [-0.2, -0.15) is 0 Å². The molecule has 0 atom stereocenters. The van der Waals surface area contributed by atoms with Crippen molar-refractivity contribution in [1.29, 1.82) is 0 Å². The Balaban J connectivity index is 1.35. The highest BCUT2D eigenvalue weighted by Gasteiger charge is 2.28. The van der Waals surface area contributed by atoms with E-state index < -0.39 is 0 Å². The molecular formula is C20H21N5OS. The Morgan fingerprint density at radius 2 is 2.07 bits per heavy atom. The summed E-state index contributed by atoms with van der Waals surface area (Å²) in [5, 5.41) is 15.0. The maximum atomic E-state index is 12.3. The molecular weight excluding hydrogens is 358 g/mol. The number of carbonyl (C=O) groups is 1. The molecule has 6 nitrogen and oxygen atoms in total. The fraction of sp³-hybridized carbons (Fsp3) is 0.300. The number of nitrogens with zero attached hydrogens (tertiary/aromatic N) is 4. The lowest BCUT2D eigenvalue weighted by atomic mass is 10.2. The first-order chi connectivity index (χ1) is 13.2. The molecule has 0 radical (unpaired) electrons. The summed E-state index contributed by atoms with van der Waals surface area (Å²) in [5.41, 5.74) is 4.15. The van der Waals surface area contributed by atoms with E-state index in [1.165, 1.54) is 11.1 Å². The summed E-state index contributed by atoms with van der Waals surface area (Å²) in [6, 6.07) is 16.5. The summed E-state index contributed by atoms with van der Waals surface area (Å²) in [5.74, 6) is 1.98. The predicted octanol–water partition coefficient (Wildman–Crippen LogP) is 3.86. The number of nitrogens with one attached hydrogen (secondary N) is 1. The van der Waals surface area contributed by atoms with Gasteiger partial charge in [-0.3, -0.25) is 4.79 Å². The second-order valence-electron chi connectivity index (χ2n) is 6.79. The first-order valence-electron chi connectivity index (χ1n) is 9.00. The molecule has 0 spiro atoms. The van der Waals surface area contributed by atoms with Crippen LogP contribution in [0.15, 0.2) is 48.5 Å². The van der Waals surface area contributed by atoms with Crippen molar-refractivity contribution < 1.29 is 4.79 Å². The fourth-order valence-electron chi connectivity index (χ4n) is 2.95. The van der Waals surface area contributed by atoms with Gasteiger partial charge in [0.2, 0.25) is 5.91 Å². The number of rotatable bonds is 7. The maximum Gasteiger partial charge on any atom is 0.234 e. The lowest BCUT2D eigenvalue weighted by Gasteiger charge is -2.08. The summed E-state index contributed by atoms with van der Waals surface area (Å²) in [6.45, 7) is 2.08. The summed E-state index contributed by atoms with van der Waals surface area (Å²) in [4.78, 5) is 12.3. The number of benzene rings is 2. The van der Waals surface area contributed by atoms with Crippen LogP contribution in [0.25, 0.3) is 11.4 Å². The van der Waals surface area contributed by atoms with E-state index in [2.05, 4.69) is 46.0 Å². The SMILES string of the molecule is Cc1cccc(CSCC(=O)Nc2cccc(-c3nnnn3C3CC3)c2)c1. The minimum absolute atomic E-state index is 0.00779. The molecule has 0 aliphatic heterocycles. The molecule has 1 aliphatic carbocycles. The van der Waals surface area contributed by atoms with Crippen molar-refractivity contribution in [2.45, 2.75) is 31.6 Å². The van der Waals surface area contributed by atoms with Crippen molar-refractivity contribution in [1.82, 2.24) is 20.2 Å². The molecule has 1 aliphatic rings. The zero-order chi connectivity index (χ0) is 18.6. The smallest absolute Gasteiger partial charge is 0.234 e. The van der Waals surface area contributed by atoms with Gasteiger partial charge < -0.3 is 5.32 Å². The van der Waals surface area contributed by atoms with E-state index in [-0.39, 0.29) is 5.91 Å². The Bertz CT molecular complexity index is 951. The summed E-state index contributed by atoms with van der Waals surface area (Å²) in [7, 11) is 0. The number of carbonyl (C=O) groups excluding carboxylic acids is 1. The molecule has 1 heterocycles. The average molecular weight is 379 g/mol. The number of aryl methyl sites for hydroxylation is 1. The van der Waals surface area contributed by atoms with Crippen LogP contribution in [0.3, 0.4) is 0 Å². The maximum absolute atomic E-state index is 12.3. The van der Waals surface area contributed by atoms with E-state index in [4.69, 9.17) is 0 Å². The van der Waals surface area contributed by atoms with Crippen LogP contribution in [0.2, 0.25) is 0 Å². The van der Waals surface area contributed by atoms with Gasteiger partial charge in [-0.1, -0.05) is 42.0 Å². The van der Waals surface area contributed by atoms with E-state index >= 15 is 0 Å². The van der Waals surface area contributed by atoms with E-state index in [0.717, 1.165) is 35.7 Å². The molecule has 0 bridgehead atoms. The quantitative estimate of drug-likeness (QED) is 0.675. The molecule has 138 valence electrons. The largest absolute Gasteiger partial charge is 0.325 e. The summed E-state index contributed by atoms with van der Waals surface area (Å²) in [6.07, 6.45) is 2.24. The monoisotopic (exact) mass is 379 g/mol. The van der Waals surface area contributed by atoms with Crippen molar-refractivity contribution in [3.8, 4) is 11.4 Å². The minimum Gasteiger partial charge on any atom is -0.325 e. The molecule has 2 aromatic carbocycles. The highest BCUT2D eigenvalue weighted by atomic mass is 32.2. The second kappa shape index (κ2) is 7.92. The fourth-order valence-corrected chi connectivity index (χ4v) is 3.72. The first-order valence-corrected chi connectivity index (χ1v) is 10.2. The molecule has 0 unspecified atom stereocenters. The number of hydrogen-bond acceptors (Lipinski definition) is 5. The van der Waals surface area contributed by atoms with E-state index in [1.54, 1.807) is 11.8 Å². The standard InChI is InChI=1S/C20H21N5OS/c1-14-4-2-5-15(10-14)12-27-13-19(26)21-17-7-3-6-16(11-17)20-22-23-24-25(20)18-8-9-18/h2-7,10-11,18H,8-9,12-13H2,1H3,(H,21,26). The molecule has 1 aromatic heterocycles. The number of aromatic nitrogens is 4. The van der Waals surface area contributed by atoms with Gasteiger partial charge >= 0.3 is 0 Å². The van der Waals surface area contributed by atoms with Crippen molar-refractivity contribution in [3.63, 3.8) is 0 Å². The zero-order valence-electron chi connectivity index (χ0n) is 15.1. The van der Waals surface area contributed by atoms with Crippen LogP contribution in [0.4, 0.5) is 5.69 Å². The van der Waals surface area contributed by atoms with E-state index in [0.29, 0.717) is 11.8 Å². The molecule has 27 heavy (non-hydrogen) atoms. The van der Waals surface area contributed by atoms with Crippen LogP contribution < -0.4 is 5.32 Å². The number of amides is 1. The normalized spacial score (nSPS) is 13.5. The van der Waals surface area contributed by atoms with Gasteiger partial charge in [0, 0.05) is 17.0 Å². The molecule has 0 saturated heterocycles. The lowest BCUT2D eigenvalue weighted by Crippen LogP contribution is -2.14. The van der Waals surface area contributed by atoms with E-state index in [9.17, 15) is 4.79 Å². The van der Waals surface area contributed by atoms with Gasteiger partial charge in [-0.05, 0) is 47.9 Å². The first kappa shape index (κ1) is 17.7. The molecule has 4 rings (SSSR count). The molecule has 3 aromatic rings. The third kappa shape index (κ3) is 4.54. The van der Waals surface area contributed by atoms with Gasteiger partial charge in [-0.15, -0.1) is 16.9 Å². The van der Waals surface area contributed by atoms with Gasteiger partial charge in [-0.25, -0.2) is 4.68 Å². The van der Waals surface area contributed by atoms with Crippen LogP contribution in [-0.4, -0.2) is 31.9 Å². The Kier molecular flexibility index (Phi) is 5.20. The summed E-state index contributed by atoms with van der Waals surface area (Å²) >= 11 is 1.61. The number of thioether (sulfide) groups is 1. The van der Waals surface area contributed by atoms with Gasteiger partial charge in [0.25, 0.3) is 0 Å². The third-order valence-electron chi connectivity index (χ3n) is 4.37. The lowest BCUT2D eigenvalue weighted by molar-refractivity contribution is -0.113. The van der Waals surface area contributed by atoms with Crippen molar-refractivity contribution in [2.24, 2.45) is 0 Å². The van der Waals surface area contributed by atoms with Crippen molar-refractivity contribution in [3.05, 3.63) is 59.7 Å². The second-order valence-corrected chi connectivity index (χ2v) is 7.77. The van der Waals surface area contributed by atoms with Crippen LogP contribution in [-0.2, 0) is 10.5 Å². The average Bonchev–Trinajstić information content (AvgIpc) is 3.38. The Morgan fingerprint density at radius 1 is 1.22 bits per heavy atom. The minimum atomic E-state index is -0.00779. The highest BCUT2D eigenvalue weighted by Crippen LogP contribution is 2.36. The Labute approximate surface area is 162 Å². The predicted molar refractivity (Wildman–Crippen MR) is 107 cm³/mol. The Morgan fingerprint density at radius 3 is 2.89 bits per heavy atom. The van der Waals surface area contributed by atoms with E-state index in [1.807, 2.05) is 35.0 Å². The van der Waals surface area contributed by atoms with Crippen LogP contribution in [0, 0.1) is 6.92 Å². The number of tetrazole rings is 1. The molecule has 7 heteroatoms. The third-order valence-corrected chi connectivity index (χ3v) is 5.38. The Hall–Kier alpha value is -2.67. The van der Waals surface area contributed by atoms with Crippen molar-refractivity contribution in [2.75, 3.05) is 11.1 Å². The van der Waals surface area contributed by atoms with Crippen LogP contribution in [0.5, 0.6) is 0 Å². The number of hydrogen-bond donors (Lipinski definition) is 1. The van der Waals surface area contributed by atoms with Gasteiger partial charge in [0.1, 0.15) is 0 Å². The molecule has 1 amide bonds. The zero-order valence-corrected chi connectivity index (χ0v) is 15.9.